The number of ether oxygens (including phenoxy) is 1. The Morgan fingerprint density at radius 3 is 1.72 bits per heavy atom. The molecule has 1 aliphatic carbocycles. The van der Waals surface area contributed by atoms with E-state index in [0.717, 1.165) is 24.9 Å². The van der Waals surface area contributed by atoms with Crippen LogP contribution in [0.2, 0.25) is 0 Å². The molecule has 0 aromatic heterocycles. The van der Waals surface area contributed by atoms with E-state index in [9.17, 15) is 0 Å². The summed E-state index contributed by atoms with van der Waals surface area (Å²) in [4.78, 5) is 0. The molecule has 1 heteroatoms. The van der Waals surface area contributed by atoms with Crippen molar-refractivity contribution in [3.05, 3.63) is 96.1 Å². The monoisotopic (exact) mass is 424 g/mol. The first-order chi connectivity index (χ1) is 15.8. The Bertz CT molecular complexity index is 972. The van der Waals surface area contributed by atoms with Crippen LogP contribution in [0.3, 0.4) is 0 Å². The fourth-order valence-corrected chi connectivity index (χ4v) is 4.85. The predicted molar refractivity (Wildman–Crippen MR) is 137 cm³/mol. The normalized spacial score (nSPS) is 18.8. The van der Waals surface area contributed by atoms with Crippen molar-refractivity contribution in [3.63, 3.8) is 0 Å². The molecule has 4 rings (SSSR count). The molecule has 0 saturated heterocycles. The zero-order valence-electron chi connectivity index (χ0n) is 19.6. The third-order valence-electron chi connectivity index (χ3n) is 6.74. The molecule has 1 nitrogen and oxygen atoms in total. The number of hydrogen-bond donors (Lipinski definition) is 0. The molecule has 0 spiro atoms. The highest BCUT2D eigenvalue weighted by molar-refractivity contribution is 5.70. The van der Waals surface area contributed by atoms with Crippen molar-refractivity contribution in [2.75, 3.05) is 6.61 Å². The van der Waals surface area contributed by atoms with E-state index < -0.39 is 0 Å². The molecular weight excluding hydrogens is 388 g/mol. The predicted octanol–water partition coefficient (Wildman–Crippen LogP) is 8.80. The maximum Gasteiger partial charge on any atom is 0.0716 e. The fraction of sp³-hybridized carbons (Fsp3) is 0.355. The summed E-state index contributed by atoms with van der Waals surface area (Å²) in [7, 11) is 0. The Balaban J connectivity index is 1.38. The lowest BCUT2D eigenvalue weighted by atomic mass is 9.78. The number of allylic oxidation sites excluding steroid dienone is 2. The quantitative estimate of drug-likeness (QED) is 0.259. The third-order valence-corrected chi connectivity index (χ3v) is 6.74. The number of rotatable bonds is 8. The van der Waals surface area contributed by atoms with Crippen molar-refractivity contribution in [2.24, 2.45) is 5.92 Å². The van der Waals surface area contributed by atoms with Crippen LogP contribution in [0.25, 0.3) is 22.3 Å². The van der Waals surface area contributed by atoms with Gasteiger partial charge >= 0.3 is 0 Å². The standard InChI is InChI=1S/C31H36O/c1-3-5-24-6-10-26(11-7-24)28-14-18-30(19-15-28)31-20-16-29(17-21-31)27-12-8-25(9-13-27)23-32-22-4-2/h3,5,8-9,12-21,24,26H,4,6-7,10-11,22-23H2,1-2H3/b5-3-/t24-,26-. The van der Waals surface area contributed by atoms with E-state index in [1.54, 1.807) is 0 Å². The first-order valence-electron chi connectivity index (χ1n) is 12.3. The lowest BCUT2D eigenvalue weighted by Crippen LogP contribution is -2.11. The second-order valence-electron chi connectivity index (χ2n) is 9.09. The van der Waals surface area contributed by atoms with Crippen molar-refractivity contribution in [1.29, 1.82) is 0 Å². The van der Waals surface area contributed by atoms with Gasteiger partial charge in [0.1, 0.15) is 0 Å². The van der Waals surface area contributed by atoms with Gasteiger partial charge in [0.2, 0.25) is 0 Å². The first kappa shape index (κ1) is 22.6. The van der Waals surface area contributed by atoms with Gasteiger partial charge in [0.05, 0.1) is 6.61 Å². The van der Waals surface area contributed by atoms with Gasteiger partial charge in [-0.05, 0) is 84.2 Å². The Morgan fingerprint density at radius 2 is 1.22 bits per heavy atom. The van der Waals surface area contributed by atoms with Crippen LogP contribution in [0.4, 0.5) is 0 Å². The maximum atomic E-state index is 5.64. The summed E-state index contributed by atoms with van der Waals surface area (Å²) in [6.07, 6.45) is 10.9. The minimum atomic E-state index is 0.695. The van der Waals surface area contributed by atoms with Crippen LogP contribution in [0, 0.1) is 5.92 Å². The Labute approximate surface area is 194 Å². The second kappa shape index (κ2) is 11.3. The molecule has 1 fully saturated rings. The Hall–Kier alpha value is -2.64. The van der Waals surface area contributed by atoms with E-state index in [0.29, 0.717) is 6.61 Å². The molecule has 3 aromatic carbocycles. The van der Waals surface area contributed by atoms with Gasteiger partial charge in [0.15, 0.2) is 0 Å². The van der Waals surface area contributed by atoms with Gasteiger partial charge in [-0.25, -0.2) is 0 Å². The van der Waals surface area contributed by atoms with E-state index in [2.05, 4.69) is 98.8 Å². The van der Waals surface area contributed by atoms with Crippen molar-refractivity contribution < 1.29 is 4.74 Å². The Kier molecular flexibility index (Phi) is 7.96. The van der Waals surface area contributed by atoms with Crippen molar-refractivity contribution in [2.45, 2.75) is 58.5 Å². The van der Waals surface area contributed by atoms with E-state index in [1.807, 2.05) is 0 Å². The minimum absolute atomic E-state index is 0.695. The van der Waals surface area contributed by atoms with Gasteiger partial charge in [-0.3, -0.25) is 0 Å². The average molecular weight is 425 g/mol. The highest BCUT2D eigenvalue weighted by atomic mass is 16.5. The summed E-state index contributed by atoms with van der Waals surface area (Å²) in [5, 5.41) is 0. The van der Waals surface area contributed by atoms with E-state index in [-0.39, 0.29) is 0 Å². The van der Waals surface area contributed by atoms with Crippen molar-refractivity contribution in [3.8, 4) is 22.3 Å². The summed E-state index contributed by atoms with van der Waals surface area (Å²) in [5.74, 6) is 1.52. The van der Waals surface area contributed by atoms with Gasteiger partial charge in [0, 0.05) is 6.61 Å². The molecule has 0 heterocycles. The first-order valence-corrected chi connectivity index (χ1v) is 12.3. The summed E-state index contributed by atoms with van der Waals surface area (Å²) >= 11 is 0. The molecule has 32 heavy (non-hydrogen) atoms. The van der Waals surface area contributed by atoms with Crippen LogP contribution in [0.5, 0.6) is 0 Å². The van der Waals surface area contributed by atoms with Crippen LogP contribution in [0.1, 0.15) is 63.0 Å². The average Bonchev–Trinajstić information content (AvgIpc) is 2.86. The van der Waals surface area contributed by atoms with Crippen LogP contribution in [0.15, 0.2) is 84.9 Å². The summed E-state index contributed by atoms with van der Waals surface area (Å²) < 4.78 is 5.64. The number of benzene rings is 3. The lowest BCUT2D eigenvalue weighted by Gasteiger charge is -2.27. The maximum absolute atomic E-state index is 5.64. The molecule has 0 unspecified atom stereocenters. The SMILES string of the molecule is C/C=C\[C@H]1CC[C@H](c2ccc(-c3ccc(-c4ccc(COCCC)cc4)cc3)cc2)CC1. The van der Waals surface area contributed by atoms with Gasteiger partial charge in [-0.2, -0.15) is 0 Å². The highest BCUT2D eigenvalue weighted by Crippen LogP contribution is 2.37. The van der Waals surface area contributed by atoms with Crippen LogP contribution >= 0.6 is 0 Å². The molecule has 1 aliphatic rings. The second-order valence-corrected chi connectivity index (χ2v) is 9.09. The fourth-order valence-electron chi connectivity index (χ4n) is 4.85. The molecule has 0 bridgehead atoms. The molecule has 1 saturated carbocycles. The topological polar surface area (TPSA) is 9.23 Å². The summed E-state index contributed by atoms with van der Waals surface area (Å²) in [5.41, 5.74) is 7.82. The van der Waals surface area contributed by atoms with Crippen LogP contribution in [-0.4, -0.2) is 6.61 Å². The summed E-state index contributed by atoms with van der Waals surface area (Å²) in [6.45, 7) is 5.79. The van der Waals surface area contributed by atoms with Crippen molar-refractivity contribution in [1.82, 2.24) is 0 Å². The largest absolute Gasteiger partial charge is 0.377 e. The van der Waals surface area contributed by atoms with Gasteiger partial charge < -0.3 is 4.74 Å². The van der Waals surface area contributed by atoms with Crippen molar-refractivity contribution >= 4 is 0 Å². The zero-order chi connectivity index (χ0) is 22.2. The van der Waals surface area contributed by atoms with E-state index >= 15 is 0 Å². The Morgan fingerprint density at radius 1 is 0.719 bits per heavy atom. The van der Waals surface area contributed by atoms with E-state index in [1.165, 1.54) is 59.1 Å². The summed E-state index contributed by atoms with van der Waals surface area (Å²) in [6, 6.07) is 27.0. The highest BCUT2D eigenvalue weighted by Gasteiger charge is 2.20. The van der Waals surface area contributed by atoms with E-state index in [4.69, 9.17) is 4.74 Å². The van der Waals surface area contributed by atoms with Gasteiger partial charge in [-0.15, -0.1) is 0 Å². The van der Waals surface area contributed by atoms with Crippen LogP contribution in [-0.2, 0) is 11.3 Å². The molecule has 3 aromatic rings. The molecule has 0 atom stereocenters. The smallest absolute Gasteiger partial charge is 0.0716 e. The molecule has 0 amide bonds. The van der Waals surface area contributed by atoms with Gasteiger partial charge in [0.25, 0.3) is 0 Å². The molecule has 0 N–H and O–H groups in total. The zero-order valence-corrected chi connectivity index (χ0v) is 19.6. The molecule has 0 radical (unpaired) electrons. The number of hydrogen-bond acceptors (Lipinski definition) is 1. The van der Waals surface area contributed by atoms with Gasteiger partial charge in [-0.1, -0.05) is 91.9 Å². The minimum Gasteiger partial charge on any atom is -0.377 e. The lowest BCUT2D eigenvalue weighted by molar-refractivity contribution is 0.121. The molecule has 166 valence electrons. The molecular formula is C31H36O. The third kappa shape index (κ3) is 5.78. The molecule has 0 aliphatic heterocycles. The van der Waals surface area contributed by atoms with Crippen LogP contribution < -0.4 is 0 Å².